The van der Waals surface area contributed by atoms with Crippen molar-refractivity contribution in [3.8, 4) is 5.75 Å². The number of fused-ring (bicyclic) bond motifs is 1. The molecule has 0 aliphatic carbocycles. The fourth-order valence-electron chi connectivity index (χ4n) is 2.68. The molecule has 1 heterocycles. The molecular formula is C15H20N5O11P. The zero-order valence-electron chi connectivity index (χ0n) is 16.7. The SMILES string of the molecule is Cc1c(CCN)c2c(O)c(NC(=O)OOP(=O)(OOC(N)=O)OOC(N)=O)ccc2n1C. The number of primary amides is 2. The molecule has 0 saturated heterocycles. The molecule has 16 nitrogen and oxygen atoms in total. The molecule has 17 heteroatoms. The van der Waals surface area contributed by atoms with Gasteiger partial charge in [0.05, 0.1) is 11.2 Å². The van der Waals surface area contributed by atoms with E-state index in [1.165, 1.54) is 6.07 Å². The molecule has 1 aromatic carbocycles. The Balaban J connectivity index is 2.18. The first-order valence-corrected chi connectivity index (χ1v) is 10.0. The van der Waals surface area contributed by atoms with Gasteiger partial charge in [-0.05, 0) is 37.6 Å². The monoisotopic (exact) mass is 477 g/mol. The highest BCUT2D eigenvalue weighted by Crippen LogP contribution is 2.50. The lowest BCUT2D eigenvalue weighted by atomic mass is 10.1. The fourth-order valence-corrected chi connectivity index (χ4v) is 3.25. The molecule has 0 radical (unpaired) electrons. The number of hydrogen-bond acceptors (Lipinski definition) is 12. The highest BCUT2D eigenvalue weighted by Gasteiger charge is 2.37. The summed E-state index contributed by atoms with van der Waals surface area (Å²) in [5.74, 6) is -0.295. The highest BCUT2D eigenvalue weighted by molar-refractivity contribution is 7.48. The minimum absolute atomic E-state index is 0.103. The molecule has 1 aromatic heterocycles. The second kappa shape index (κ2) is 10.2. The maximum atomic E-state index is 12.1. The van der Waals surface area contributed by atoms with Crippen LogP contribution in [-0.2, 0) is 46.7 Å². The van der Waals surface area contributed by atoms with E-state index >= 15 is 0 Å². The lowest BCUT2D eigenvalue weighted by Gasteiger charge is -2.13. The van der Waals surface area contributed by atoms with Crippen molar-refractivity contribution >= 4 is 42.7 Å². The molecule has 0 fully saturated rings. The van der Waals surface area contributed by atoms with Gasteiger partial charge in [0.25, 0.3) is 0 Å². The number of nitrogens with zero attached hydrogens (tertiary/aromatic N) is 1. The van der Waals surface area contributed by atoms with Crippen molar-refractivity contribution in [2.24, 2.45) is 24.2 Å². The van der Waals surface area contributed by atoms with Crippen molar-refractivity contribution in [2.75, 3.05) is 11.9 Å². The van der Waals surface area contributed by atoms with E-state index in [1.54, 1.807) is 13.1 Å². The second-order valence-corrected chi connectivity index (χ2v) is 7.33. The molecule has 0 spiro atoms. The maximum Gasteiger partial charge on any atom is 0.584 e. The van der Waals surface area contributed by atoms with E-state index in [0.29, 0.717) is 23.9 Å². The van der Waals surface area contributed by atoms with Crippen LogP contribution in [0, 0.1) is 6.92 Å². The number of phenolic OH excluding ortho intramolecular Hbond substituents is 1. The summed E-state index contributed by atoms with van der Waals surface area (Å²) < 4.78 is 25.9. The zero-order valence-corrected chi connectivity index (χ0v) is 17.6. The summed E-state index contributed by atoms with van der Waals surface area (Å²) in [5.41, 5.74) is 17.1. The number of carbonyl (C=O) groups excluding carboxylic acids is 3. The van der Waals surface area contributed by atoms with Crippen LogP contribution >= 0.6 is 7.82 Å². The Hall–Kier alpha value is -3.56. The van der Waals surface area contributed by atoms with Crippen molar-refractivity contribution in [2.45, 2.75) is 13.3 Å². The number of rotatable bonds is 9. The Bertz CT molecular complexity index is 1060. The zero-order chi connectivity index (χ0) is 24.1. The van der Waals surface area contributed by atoms with Gasteiger partial charge in [-0.15, -0.1) is 0 Å². The summed E-state index contributed by atoms with van der Waals surface area (Å²) in [6, 6.07) is 2.99. The Labute approximate surface area is 179 Å². The maximum absolute atomic E-state index is 12.1. The average molecular weight is 477 g/mol. The van der Waals surface area contributed by atoms with Gasteiger partial charge < -0.3 is 26.9 Å². The molecule has 0 aliphatic rings. The van der Waals surface area contributed by atoms with Crippen molar-refractivity contribution in [1.82, 2.24) is 4.57 Å². The number of amides is 3. The number of nitrogens with one attached hydrogen (secondary N) is 1. The third kappa shape index (κ3) is 5.77. The lowest BCUT2D eigenvalue weighted by Crippen LogP contribution is -2.19. The number of aromatic hydroxyl groups is 1. The van der Waals surface area contributed by atoms with Crippen LogP contribution in [0.25, 0.3) is 10.9 Å². The van der Waals surface area contributed by atoms with E-state index in [0.717, 1.165) is 11.3 Å². The van der Waals surface area contributed by atoms with Crippen molar-refractivity contribution in [1.29, 1.82) is 0 Å². The smallest absolute Gasteiger partial charge is 0.505 e. The van der Waals surface area contributed by atoms with E-state index in [4.69, 9.17) is 5.73 Å². The average Bonchev–Trinajstić information content (AvgIpc) is 2.97. The molecule has 8 N–H and O–H groups in total. The molecule has 2 aromatic rings. The number of anilines is 1. The van der Waals surface area contributed by atoms with Gasteiger partial charge in [0, 0.05) is 18.1 Å². The Morgan fingerprint density at radius 1 is 1.09 bits per heavy atom. The third-order valence-electron chi connectivity index (χ3n) is 4.02. The van der Waals surface area contributed by atoms with Crippen LogP contribution in [0.15, 0.2) is 12.1 Å². The quantitative estimate of drug-likeness (QED) is 0.149. The molecule has 0 aliphatic heterocycles. The van der Waals surface area contributed by atoms with Crippen molar-refractivity contribution in [3.05, 3.63) is 23.4 Å². The van der Waals surface area contributed by atoms with E-state index in [1.807, 2.05) is 11.5 Å². The van der Waals surface area contributed by atoms with Gasteiger partial charge in [0.15, 0.2) is 0 Å². The molecule has 176 valence electrons. The van der Waals surface area contributed by atoms with Crippen LogP contribution in [0.1, 0.15) is 11.3 Å². The second-order valence-electron chi connectivity index (χ2n) is 5.99. The first-order valence-electron chi connectivity index (χ1n) is 8.57. The van der Waals surface area contributed by atoms with Crippen molar-refractivity contribution < 1.29 is 52.7 Å². The van der Waals surface area contributed by atoms with Crippen LogP contribution in [0.5, 0.6) is 5.75 Å². The Kier molecular flexibility index (Phi) is 7.85. The number of phosphoric acid groups is 1. The van der Waals surface area contributed by atoms with Gasteiger partial charge in [-0.2, -0.15) is 0 Å². The lowest BCUT2D eigenvalue weighted by molar-refractivity contribution is -0.266. The molecule has 32 heavy (non-hydrogen) atoms. The highest BCUT2D eigenvalue weighted by atomic mass is 31.2. The summed E-state index contributed by atoms with van der Waals surface area (Å²) in [5, 5.41) is 13.2. The van der Waals surface area contributed by atoms with Gasteiger partial charge in [-0.1, -0.05) is 14.0 Å². The minimum atomic E-state index is -5.17. The number of benzene rings is 1. The number of carbonyl (C=O) groups is 3. The molecule has 0 bridgehead atoms. The predicted octanol–water partition coefficient (Wildman–Crippen LogP) is 1.34. The van der Waals surface area contributed by atoms with Gasteiger partial charge in [-0.25, -0.2) is 18.9 Å². The summed E-state index contributed by atoms with van der Waals surface area (Å²) in [6.45, 7) is 2.17. The van der Waals surface area contributed by atoms with E-state index in [2.05, 4.69) is 45.5 Å². The van der Waals surface area contributed by atoms with E-state index in [9.17, 15) is 24.1 Å². The summed E-state index contributed by atoms with van der Waals surface area (Å²) in [4.78, 5) is 44.8. The van der Waals surface area contributed by atoms with E-state index < -0.39 is 26.1 Å². The van der Waals surface area contributed by atoms with Crippen LogP contribution in [0.4, 0.5) is 20.1 Å². The Morgan fingerprint density at radius 3 is 2.19 bits per heavy atom. The number of hydrogen-bond donors (Lipinski definition) is 5. The van der Waals surface area contributed by atoms with Crippen LogP contribution in [0.3, 0.4) is 0 Å². The topological polar surface area (TPSA) is 239 Å². The summed E-state index contributed by atoms with van der Waals surface area (Å²) in [7, 11) is -3.37. The molecular weight excluding hydrogens is 457 g/mol. The third-order valence-corrected chi connectivity index (χ3v) is 4.79. The largest absolute Gasteiger partial charge is 0.584 e. The molecule has 2 rings (SSSR count). The number of aromatic nitrogens is 1. The minimum Gasteiger partial charge on any atom is -0.505 e. The number of aryl methyl sites for hydroxylation is 1. The predicted molar refractivity (Wildman–Crippen MR) is 104 cm³/mol. The van der Waals surface area contributed by atoms with Crippen LogP contribution in [0.2, 0.25) is 0 Å². The first kappa shape index (κ1) is 24.7. The van der Waals surface area contributed by atoms with Crippen molar-refractivity contribution in [3.63, 3.8) is 0 Å². The van der Waals surface area contributed by atoms with Gasteiger partial charge in [0.1, 0.15) is 5.75 Å². The summed E-state index contributed by atoms with van der Waals surface area (Å²) in [6.07, 6.45) is -4.15. The molecule has 0 atom stereocenters. The molecule has 0 unspecified atom stereocenters. The fraction of sp³-hybridized carbons (Fsp3) is 0.267. The number of nitrogens with two attached hydrogens (primary N) is 3. The standard InChI is InChI=1S/C15H20N5O11P/c1-7-8(5-6-16)11-10(20(7)2)4-3-9(12(11)21)19-15(24)28-31-32(25,29-26-13(17)22)30-27-14(18)23/h3-4,21H,5-6,16H2,1-2H3,(H2,17,22)(H2,18,23)(H,19,24). The van der Waals surface area contributed by atoms with Crippen LogP contribution in [-0.4, -0.2) is 34.5 Å². The summed E-state index contributed by atoms with van der Waals surface area (Å²) >= 11 is 0. The molecule has 3 amide bonds. The normalized spacial score (nSPS) is 11.2. The van der Waals surface area contributed by atoms with Crippen LogP contribution < -0.4 is 22.5 Å². The molecule has 0 saturated carbocycles. The van der Waals surface area contributed by atoms with Gasteiger partial charge >= 0.3 is 26.1 Å². The van der Waals surface area contributed by atoms with Gasteiger partial charge in [-0.3, -0.25) is 20.0 Å². The van der Waals surface area contributed by atoms with Gasteiger partial charge in [0.2, 0.25) is 0 Å². The Morgan fingerprint density at radius 2 is 1.66 bits per heavy atom. The number of phenols is 1. The van der Waals surface area contributed by atoms with E-state index in [-0.39, 0.29) is 11.4 Å². The first-order chi connectivity index (χ1) is 15.0.